The summed E-state index contributed by atoms with van der Waals surface area (Å²) in [6.07, 6.45) is 0. The molecule has 0 saturated heterocycles. The third kappa shape index (κ3) is 2.47. The van der Waals surface area contributed by atoms with Gasteiger partial charge in [-0.1, -0.05) is 6.07 Å². The van der Waals surface area contributed by atoms with Crippen LogP contribution in [0, 0.1) is 6.92 Å². The number of anilines is 2. The van der Waals surface area contributed by atoms with Crippen molar-refractivity contribution in [1.29, 1.82) is 0 Å². The van der Waals surface area contributed by atoms with Gasteiger partial charge in [-0.2, -0.15) is 0 Å². The van der Waals surface area contributed by atoms with Crippen LogP contribution in [0.15, 0.2) is 23.7 Å². The molecule has 5 nitrogen and oxygen atoms in total. The van der Waals surface area contributed by atoms with Crippen molar-refractivity contribution in [3.63, 3.8) is 0 Å². The standard InChI is InChI=1S/C10H13N5S/c1-7-8(16-6-13-7)5-12-9-3-2-4-10(14-9)15-11/h2-4,6H,5,11H2,1H3,(H2,12,14,15). The van der Waals surface area contributed by atoms with Crippen molar-refractivity contribution in [1.82, 2.24) is 9.97 Å². The number of pyridine rings is 1. The topological polar surface area (TPSA) is 75.9 Å². The number of aryl methyl sites for hydroxylation is 1. The van der Waals surface area contributed by atoms with Crippen LogP contribution >= 0.6 is 11.3 Å². The number of nitrogens with two attached hydrogens (primary N) is 1. The fraction of sp³-hybridized carbons (Fsp3) is 0.200. The molecule has 4 N–H and O–H groups in total. The molecule has 0 amide bonds. The Hall–Kier alpha value is -1.66. The van der Waals surface area contributed by atoms with E-state index in [0.29, 0.717) is 5.82 Å². The molecule has 2 heterocycles. The SMILES string of the molecule is Cc1ncsc1CNc1cccc(NN)n1. The van der Waals surface area contributed by atoms with Gasteiger partial charge in [0, 0.05) is 4.88 Å². The molecule has 2 aromatic heterocycles. The lowest BCUT2D eigenvalue weighted by molar-refractivity contribution is 1.09. The molecule has 6 heteroatoms. The largest absolute Gasteiger partial charge is 0.365 e. The number of nitrogen functional groups attached to an aromatic ring is 1. The van der Waals surface area contributed by atoms with Crippen molar-refractivity contribution in [2.75, 3.05) is 10.7 Å². The van der Waals surface area contributed by atoms with E-state index in [9.17, 15) is 0 Å². The van der Waals surface area contributed by atoms with Gasteiger partial charge < -0.3 is 10.7 Å². The molecule has 2 rings (SSSR count). The van der Waals surface area contributed by atoms with Crippen LogP contribution in [-0.2, 0) is 6.54 Å². The van der Waals surface area contributed by atoms with E-state index in [1.807, 2.05) is 30.6 Å². The van der Waals surface area contributed by atoms with Crippen molar-refractivity contribution in [3.8, 4) is 0 Å². The zero-order valence-corrected chi connectivity index (χ0v) is 9.71. The predicted molar refractivity (Wildman–Crippen MR) is 66.2 cm³/mol. The second-order valence-electron chi connectivity index (χ2n) is 3.27. The third-order valence-corrected chi connectivity index (χ3v) is 3.11. The lowest BCUT2D eigenvalue weighted by atomic mass is 10.4. The molecule has 0 saturated carbocycles. The molecule has 0 aliphatic rings. The predicted octanol–water partition coefficient (Wildman–Crippen LogP) is 1.74. The highest BCUT2D eigenvalue weighted by molar-refractivity contribution is 7.09. The first-order chi connectivity index (χ1) is 7.79. The zero-order chi connectivity index (χ0) is 11.4. The van der Waals surface area contributed by atoms with E-state index in [2.05, 4.69) is 20.7 Å². The number of rotatable bonds is 4. The van der Waals surface area contributed by atoms with Crippen LogP contribution in [0.5, 0.6) is 0 Å². The maximum atomic E-state index is 5.29. The van der Waals surface area contributed by atoms with Gasteiger partial charge in [-0.3, -0.25) is 0 Å². The van der Waals surface area contributed by atoms with Gasteiger partial charge >= 0.3 is 0 Å². The van der Waals surface area contributed by atoms with E-state index < -0.39 is 0 Å². The quantitative estimate of drug-likeness (QED) is 0.556. The number of hydrazine groups is 1. The van der Waals surface area contributed by atoms with Gasteiger partial charge in [-0.25, -0.2) is 15.8 Å². The summed E-state index contributed by atoms with van der Waals surface area (Å²) >= 11 is 1.64. The molecule has 0 spiro atoms. The lowest BCUT2D eigenvalue weighted by Gasteiger charge is -2.06. The Balaban J connectivity index is 2.02. The number of hydrogen-bond acceptors (Lipinski definition) is 6. The first-order valence-corrected chi connectivity index (χ1v) is 5.74. The molecule has 0 atom stereocenters. The Morgan fingerprint density at radius 1 is 1.38 bits per heavy atom. The lowest BCUT2D eigenvalue weighted by Crippen LogP contribution is -2.09. The van der Waals surface area contributed by atoms with Gasteiger partial charge in [0.05, 0.1) is 17.7 Å². The van der Waals surface area contributed by atoms with Crippen molar-refractivity contribution in [2.45, 2.75) is 13.5 Å². The highest BCUT2D eigenvalue weighted by Crippen LogP contribution is 2.15. The highest BCUT2D eigenvalue weighted by Gasteiger charge is 2.01. The number of aromatic nitrogens is 2. The van der Waals surface area contributed by atoms with E-state index in [4.69, 9.17) is 5.84 Å². The van der Waals surface area contributed by atoms with Gasteiger partial charge in [0.15, 0.2) is 0 Å². The van der Waals surface area contributed by atoms with Crippen molar-refractivity contribution in [3.05, 3.63) is 34.3 Å². The molecule has 2 aromatic rings. The van der Waals surface area contributed by atoms with Gasteiger partial charge in [-0.15, -0.1) is 11.3 Å². The minimum absolute atomic E-state index is 0.644. The number of nitrogens with one attached hydrogen (secondary N) is 2. The summed E-state index contributed by atoms with van der Waals surface area (Å²) in [5.74, 6) is 6.72. The van der Waals surface area contributed by atoms with Crippen LogP contribution in [0.4, 0.5) is 11.6 Å². The smallest absolute Gasteiger partial charge is 0.142 e. The van der Waals surface area contributed by atoms with Crippen LogP contribution in [-0.4, -0.2) is 9.97 Å². The van der Waals surface area contributed by atoms with Crippen LogP contribution in [0.1, 0.15) is 10.6 Å². The van der Waals surface area contributed by atoms with Gasteiger partial charge in [0.2, 0.25) is 0 Å². The molecule has 0 aromatic carbocycles. The molecule has 84 valence electrons. The van der Waals surface area contributed by atoms with Crippen LogP contribution < -0.4 is 16.6 Å². The van der Waals surface area contributed by atoms with E-state index in [-0.39, 0.29) is 0 Å². The minimum Gasteiger partial charge on any atom is -0.365 e. The zero-order valence-electron chi connectivity index (χ0n) is 8.90. The monoisotopic (exact) mass is 235 g/mol. The van der Waals surface area contributed by atoms with Crippen LogP contribution in [0.3, 0.4) is 0 Å². The molecule has 0 unspecified atom stereocenters. The fourth-order valence-corrected chi connectivity index (χ4v) is 2.00. The summed E-state index contributed by atoms with van der Waals surface area (Å²) in [4.78, 5) is 9.66. The normalized spacial score (nSPS) is 10.1. The summed E-state index contributed by atoms with van der Waals surface area (Å²) in [6.45, 7) is 2.73. The Morgan fingerprint density at radius 2 is 2.19 bits per heavy atom. The summed E-state index contributed by atoms with van der Waals surface area (Å²) in [5, 5.41) is 3.23. The first-order valence-electron chi connectivity index (χ1n) is 4.86. The molecular weight excluding hydrogens is 222 g/mol. The summed E-state index contributed by atoms with van der Waals surface area (Å²) in [7, 11) is 0. The van der Waals surface area contributed by atoms with E-state index in [1.54, 1.807) is 11.3 Å². The van der Waals surface area contributed by atoms with Gasteiger partial charge in [0.25, 0.3) is 0 Å². The van der Waals surface area contributed by atoms with Gasteiger partial charge in [-0.05, 0) is 19.1 Å². The number of thiazole rings is 1. The maximum Gasteiger partial charge on any atom is 0.142 e. The fourth-order valence-electron chi connectivity index (χ4n) is 1.28. The van der Waals surface area contributed by atoms with E-state index >= 15 is 0 Å². The van der Waals surface area contributed by atoms with Crippen LogP contribution in [0.25, 0.3) is 0 Å². The second-order valence-corrected chi connectivity index (χ2v) is 4.21. The van der Waals surface area contributed by atoms with E-state index in [0.717, 1.165) is 18.1 Å². The Bertz CT molecular complexity index is 468. The molecule has 0 bridgehead atoms. The summed E-state index contributed by atoms with van der Waals surface area (Å²) in [5.41, 5.74) is 5.42. The molecule has 16 heavy (non-hydrogen) atoms. The summed E-state index contributed by atoms with van der Waals surface area (Å²) in [6, 6.07) is 5.60. The average Bonchev–Trinajstić information content (AvgIpc) is 2.72. The first kappa shape index (κ1) is 10.8. The molecule has 0 aliphatic carbocycles. The van der Waals surface area contributed by atoms with Crippen molar-refractivity contribution >= 4 is 23.0 Å². The average molecular weight is 235 g/mol. The Morgan fingerprint density at radius 3 is 2.88 bits per heavy atom. The van der Waals surface area contributed by atoms with Gasteiger partial charge in [0.1, 0.15) is 11.6 Å². The molecule has 0 radical (unpaired) electrons. The van der Waals surface area contributed by atoms with Crippen molar-refractivity contribution in [2.24, 2.45) is 5.84 Å². The number of hydrogen-bond donors (Lipinski definition) is 3. The maximum absolute atomic E-state index is 5.29. The third-order valence-electron chi connectivity index (χ3n) is 2.17. The second kappa shape index (κ2) is 4.91. The van der Waals surface area contributed by atoms with Crippen molar-refractivity contribution < 1.29 is 0 Å². The number of nitrogens with zero attached hydrogens (tertiary/aromatic N) is 2. The van der Waals surface area contributed by atoms with Crippen LogP contribution in [0.2, 0.25) is 0 Å². The molecule has 0 fully saturated rings. The van der Waals surface area contributed by atoms with E-state index in [1.165, 1.54) is 4.88 Å². The summed E-state index contributed by atoms with van der Waals surface area (Å²) < 4.78 is 0. The molecular formula is C10H13N5S. The Kier molecular flexibility index (Phi) is 3.33. The molecule has 0 aliphatic heterocycles. The minimum atomic E-state index is 0.644. The highest BCUT2D eigenvalue weighted by atomic mass is 32.1. The Labute approximate surface area is 97.7 Å².